The lowest BCUT2D eigenvalue weighted by atomic mass is 10.5. The Balaban J connectivity index is 2.67. The maximum Gasteiger partial charge on any atom is -0.0301 e. The van der Waals surface area contributed by atoms with Crippen molar-refractivity contribution in [1.82, 2.24) is 0 Å². The van der Waals surface area contributed by atoms with Crippen molar-refractivity contribution in [2.75, 3.05) is 0 Å². The normalized spacial score (nSPS) is 20.0. The Morgan fingerprint density at radius 1 is 0.625 bits per heavy atom. The van der Waals surface area contributed by atoms with Gasteiger partial charge in [-0.05, 0) is 27.4 Å². The molecule has 0 aliphatic carbocycles. The van der Waals surface area contributed by atoms with Crippen LogP contribution in [0.5, 0.6) is 0 Å². The molecule has 1 aliphatic heterocycles. The van der Waals surface area contributed by atoms with E-state index in [1.54, 1.807) is 0 Å². The molecule has 0 aromatic carbocycles. The zero-order valence-electron chi connectivity index (χ0n) is 4.36. The molecule has 0 saturated carbocycles. The van der Waals surface area contributed by atoms with Crippen molar-refractivity contribution < 1.29 is 0 Å². The largest absolute Gasteiger partial charge is 0.0619 e. The molecule has 0 fully saturated rings. The van der Waals surface area contributed by atoms with Crippen LogP contribution >= 0.6 is 15.7 Å². The number of allylic oxidation sites excluding steroid dienone is 4. The van der Waals surface area contributed by atoms with Gasteiger partial charge in [0, 0.05) is 0 Å². The summed E-state index contributed by atoms with van der Waals surface area (Å²) in [5.74, 6) is 4.28. The van der Waals surface area contributed by atoms with E-state index in [1.165, 1.54) is 15.7 Å². The second-order valence-electron chi connectivity index (χ2n) is 1.30. The lowest BCUT2D eigenvalue weighted by Crippen LogP contribution is -1.46. The molecule has 0 unspecified atom stereocenters. The summed E-state index contributed by atoms with van der Waals surface area (Å²) in [5.41, 5.74) is 0. The molecule has 2 heteroatoms. The number of hydrogen-bond acceptors (Lipinski definition) is 0. The second kappa shape index (κ2) is 3.78. The Labute approximate surface area is 52.4 Å². The van der Waals surface area contributed by atoms with Crippen LogP contribution in [0.3, 0.4) is 0 Å². The molecule has 0 saturated heterocycles. The molecule has 1 heterocycles. The molecule has 0 aromatic heterocycles. The topological polar surface area (TPSA) is 0 Å². The predicted molar refractivity (Wildman–Crippen MR) is 41.3 cm³/mol. The van der Waals surface area contributed by atoms with Crippen LogP contribution < -0.4 is 0 Å². The molecule has 0 spiro atoms. The summed E-state index contributed by atoms with van der Waals surface area (Å²) >= 11 is 0. The van der Waals surface area contributed by atoms with E-state index in [4.69, 9.17) is 0 Å². The zero-order valence-corrected chi connectivity index (χ0v) is 6.15. The van der Waals surface area contributed by atoms with Crippen molar-refractivity contribution in [2.45, 2.75) is 0 Å². The highest BCUT2D eigenvalue weighted by atomic mass is 31.7. The third-order valence-corrected chi connectivity index (χ3v) is 2.65. The van der Waals surface area contributed by atoms with Crippen LogP contribution in [0.15, 0.2) is 35.9 Å². The van der Waals surface area contributed by atoms with Crippen molar-refractivity contribution in [3.8, 4) is 0 Å². The molecule has 1 aliphatic rings. The standard InChI is InChI=1S/C6H6P2/c1-2-4-6-8-7-5-3-1/h1-6H. The van der Waals surface area contributed by atoms with E-state index in [-0.39, 0.29) is 0 Å². The molecule has 0 amide bonds. The van der Waals surface area contributed by atoms with Crippen molar-refractivity contribution in [3.05, 3.63) is 35.9 Å². The van der Waals surface area contributed by atoms with E-state index in [1.807, 2.05) is 12.2 Å². The van der Waals surface area contributed by atoms with Gasteiger partial charge in [0.1, 0.15) is 0 Å². The van der Waals surface area contributed by atoms with Crippen LogP contribution in [0.2, 0.25) is 0 Å². The third kappa shape index (κ3) is 2.21. The summed E-state index contributed by atoms with van der Waals surface area (Å²) < 4.78 is 0. The van der Waals surface area contributed by atoms with Gasteiger partial charge in [0.15, 0.2) is 0 Å². The van der Waals surface area contributed by atoms with E-state index in [2.05, 4.69) is 23.8 Å². The fourth-order valence-electron chi connectivity index (χ4n) is 0.382. The monoisotopic (exact) mass is 140 g/mol. The Bertz CT molecular complexity index is 107. The van der Waals surface area contributed by atoms with Gasteiger partial charge < -0.3 is 0 Å². The molecule has 40 valence electrons. The predicted octanol–water partition coefficient (Wildman–Crippen LogP) is 3.39. The first-order chi connectivity index (χ1) is 4.00. The van der Waals surface area contributed by atoms with Crippen LogP contribution in [-0.4, -0.2) is 0 Å². The summed E-state index contributed by atoms with van der Waals surface area (Å²) in [5, 5.41) is 0. The molecular weight excluding hydrogens is 134 g/mol. The summed E-state index contributed by atoms with van der Waals surface area (Å²) in [7, 11) is 2.73. The Morgan fingerprint density at radius 3 is 1.62 bits per heavy atom. The summed E-state index contributed by atoms with van der Waals surface area (Å²) in [6.07, 6.45) is 8.21. The van der Waals surface area contributed by atoms with E-state index in [0.29, 0.717) is 0 Å². The zero-order chi connectivity index (χ0) is 5.66. The summed E-state index contributed by atoms with van der Waals surface area (Å²) in [6.45, 7) is 0. The Hall–Kier alpha value is -0.180. The van der Waals surface area contributed by atoms with Crippen molar-refractivity contribution >= 4 is 15.7 Å². The molecule has 0 atom stereocenters. The van der Waals surface area contributed by atoms with Crippen LogP contribution in [0.1, 0.15) is 0 Å². The third-order valence-electron chi connectivity index (χ3n) is 0.705. The van der Waals surface area contributed by atoms with Gasteiger partial charge in [0.25, 0.3) is 0 Å². The highest BCUT2D eigenvalue weighted by Crippen LogP contribution is 2.18. The lowest BCUT2D eigenvalue weighted by molar-refractivity contribution is 1.96. The maximum absolute atomic E-state index is 2.14. The fourth-order valence-corrected chi connectivity index (χ4v) is 1.81. The van der Waals surface area contributed by atoms with Gasteiger partial charge in [-0.25, -0.2) is 0 Å². The first-order valence-corrected chi connectivity index (χ1v) is 5.02. The van der Waals surface area contributed by atoms with Crippen LogP contribution in [0.4, 0.5) is 0 Å². The molecule has 8 heavy (non-hydrogen) atoms. The molecular formula is C6H6P2. The van der Waals surface area contributed by atoms with Crippen LogP contribution in [0, 0.1) is 0 Å². The second-order valence-corrected chi connectivity index (χ2v) is 3.74. The fraction of sp³-hybridized carbons (Fsp3) is 0. The average Bonchev–Trinajstić information content (AvgIpc) is 1.62. The Morgan fingerprint density at radius 2 is 1.12 bits per heavy atom. The molecule has 0 aromatic rings. The maximum atomic E-state index is 2.14. The highest BCUT2D eigenvalue weighted by Gasteiger charge is 1.66. The number of rotatable bonds is 0. The first kappa shape index (κ1) is 5.95. The van der Waals surface area contributed by atoms with Crippen molar-refractivity contribution in [1.29, 1.82) is 0 Å². The molecule has 0 radical (unpaired) electrons. The van der Waals surface area contributed by atoms with Gasteiger partial charge in [-0.15, -0.1) is 0 Å². The highest BCUT2D eigenvalue weighted by molar-refractivity contribution is 7.86. The van der Waals surface area contributed by atoms with E-state index < -0.39 is 0 Å². The summed E-state index contributed by atoms with van der Waals surface area (Å²) in [4.78, 5) is 0. The van der Waals surface area contributed by atoms with Crippen LogP contribution in [-0.2, 0) is 0 Å². The van der Waals surface area contributed by atoms with Gasteiger partial charge in [-0.2, -0.15) is 0 Å². The molecule has 1 rings (SSSR count). The van der Waals surface area contributed by atoms with E-state index >= 15 is 0 Å². The van der Waals surface area contributed by atoms with Crippen molar-refractivity contribution in [2.24, 2.45) is 0 Å². The Kier molecular flexibility index (Phi) is 2.81. The molecule has 0 bridgehead atoms. The van der Waals surface area contributed by atoms with Gasteiger partial charge in [-0.3, -0.25) is 0 Å². The number of hydrogen-bond donors (Lipinski definition) is 0. The minimum absolute atomic E-state index is 1.36. The van der Waals surface area contributed by atoms with Gasteiger partial charge in [-0.1, -0.05) is 24.3 Å². The van der Waals surface area contributed by atoms with Gasteiger partial charge >= 0.3 is 0 Å². The minimum atomic E-state index is 1.36. The SMILES string of the molecule is C1=CC=CP=PC=C1. The lowest BCUT2D eigenvalue weighted by Gasteiger charge is -1.75. The summed E-state index contributed by atoms with van der Waals surface area (Å²) in [6, 6.07) is 0. The molecule has 0 N–H and O–H groups in total. The first-order valence-electron chi connectivity index (χ1n) is 2.38. The van der Waals surface area contributed by atoms with Gasteiger partial charge in [0.05, 0.1) is 0 Å². The van der Waals surface area contributed by atoms with Gasteiger partial charge in [0.2, 0.25) is 0 Å². The van der Waals surface area contributed by atoms with Crippen LogP contribution in [0.25, 0.3) is 0 Å². The van der Waals surface area contributed by atoms with E-state index in [9.17, 15) is 0 Å². The average molecular weight is 140 g/mol. The smallest absolute Gasteiger partial charge is 0.0301 e. The van der Waals surface area contributed by atoms with E-state index in [0.717, 1.165) is 0 Å². The minimum Gasteiger partial charge on any atom is -0.0619 e. The van der Waals surface area contributed by atoms with Crippen molar-refractivity contribution in [3.63, 3.8) is 0 Å². The molecule has 0 nitrogen and oxygen atoms in total. The quantitative estimate of drug-likeness (QED) is 0.452.